The maximum atomic E-state index is 13.6. The van der Waals surface area contributed by atoms with E-state index in [-0.39, 0.29) is 11.8 Å². The minimum absolute atomic E-state index is 0.0599. The Morgan fingerprint density at radius 1 is 1.11 bits per heavy atom. The van der Waals surface area contributed by atoms with Crippen LogP contribution in [0.15, 0.2) is 54.6 Å². The van der Waals surface area contributed by atoms with Crippen molar-refractivity contribution in [2.24, 2.45) is 5.92 Å². The summed E-state index contributed by atoms with van der Waals surface area (Å²) in [4.78, 5) is 31.7. The molecule has 2 aromatic carbocycles. The maximum Gasteiger partial charge on any atom is 0.259 e. The van der Waals surface area contributed by atoms with Crippen LogP contribution in [0.4, 0.5) is 5.69 Å². The number of carbonyl (C=O) groups excluding carboxylic acids is 2. The van der Waals surface area contributed by atoms with Gasteiger partial charge in [-0.3, -0.25) is 9.59 Å². The smallest absolute Gasteiger partial charge is 0.259 e. The predicted octanol–water partition coefficient (Wildman–Crippen LogP) is 4.88. The van der Waals surface area contributed by atoms with Gasteiger partial charge in [-0.1, -0.05) is 36.4 Å². The molecule has 5 rings (SSSR count). The Balaban J connectivity index is 1.46. The van der Waals surface area contributed by atoms with Gasteiger partial charge in [0, 0.05) is 42.3 Å². The van der Waals surface area contributed by atoms with Crippen LogP contribution in [0.3, 0.4) is 0 Å². The molecule has 2 aliphatic rings. The van der Waals surface area contributed by atoms with Gasteiger partial charge >= 0.3 is 0 Å². The largest absolute Gasteiger partial charge is 0.381 e. The molecule has 0 spiro atoms. The van der Waals surface area contributed by atoms with E-state index in [9.17, 15) is 9.59 Å². The Hall–Kier alpha value is -3.64. The fourth-order valence-electron chi connectivity index (χ4n) is 4.89. The first-order valence-corrected chi connectivity index (χ1v) is 12.2. The van der Waals surface area contributed by atoms with Crippen molar-refractivity contribution in [2.75, 3.05) is 24.7 Å². The van der Waals surface area contributed by atoms with E-state index in [1.54, 1.807) is 4.90 Å². The summed E-state index contributed by atoms with van der Waals surface area (Å²) in [6.07, 6.45) is 3.87. The van der Waals surface area contributed by atoms with Crippen LogP contribution in [0, 0.1) is 19.8 Å². The Kier molecular flexibility index (Phi) is 6.55. The van der Waals surface area contributed by atoms with Crippen LogP contribution in [-0.2, 0) is 16.1 Å². The first-order chi connectivity index (χ1) is 17.0. The molecule has 0 saturated carbocycles. The average molecular weight is 470 g/mol. The lowest BCUT2D eigenvalue weighted by Gasteiger charge is -2.22. The zero-order valence-corrected chi connectivity index (χ0v) is 20.3. The van der Waals surface area contributed by atoms with Gasteiger partial charge in [-0.2, -0.15) is 0 Å². The fraction of sp³-hybridized carbons (Fsp3) is 0.310. The van der Waals surface area contributed by atoms with Gasteiger partial charge in [-0.15, -0.1) is 0 Å². The molecule has 0 bridgehead atoms. The zero-order valence-electron chi connectivity index (χ0n) is 20.3. The monoisotopic (exact) mass is 469 g/mol. The Bertz CT molecular complexity index is 1270. The Morgan fingerprint density at radius 2 is 1.89 bits per heavy atom. The van der Waals surface area contributed by atoms with Gasteiger partial charge in [0.25, 0.3) is 11.8 Å². The normalized spacial score (nSPS) is 17.1. The molecule has 0 radical (unpaired) electrons. The molecule has 3 aromatic rings. The summed E-state index contributed by atoms with van der Waals surface area (Å²) >= 11 is 0. The van der Waals surface area contributed by atoms with Gasteiger partial charge in [0.15, 0.2) is 0 Å². The molecule has 1 fully saturated rings. The number of aromatic amines is 1. The van der Waals surface area contributed by atoms with E-state index < -0.39 is 0 Å². The molecule has 2 N–H and O–H groups in total. The Labute approximate surface area is 206 Å². The highest BCUT2D eigenvalue weighted by molar-refractivity contribution is 6.36. The van der Waals surface area contributed by atoms with Gasteiger partial charge in [-0.25, -0.2) is 0 Å². The summed E-state index contributed by atoms with van der Waals surface area (Å²) in [6.45, 7) is 6.63. The number of rotatable bonds is 6. The quantitative estimate of drug-likeness (QED) is 0.506. The van der Waals surface area contributed by atoms with Crippen LogP contribution in [0.1, 0.15) is 51.3 Å². The van der Waals surface area contributed by atoms with E-state index >= 15 is 0 Å². The van der Waals surface area contributed by atoms with Gasteiger partial charge in [0.05, 0.1) is 17.8 Å². The molecular formula is C29H31N3O3. The number of fused-ring (bicyclic) bond motifs is 1. The highest BCUT2D eigenvalue weighted by atomic mass is 16.5. The number of amides is 2. The topological polar surface area (TPSA) is 74.4 Å². The summed E-state index contributed by atoms with van der Waals surface area (Å²) in [7, 11) is 0. The highest BCUT2D eigenvalue weighted by Crippen LogP contribution is 2.39. The molecule has 0 aliphatic carbocycles. The number of hydrogen-bond donors (Lipinski definition) is 2. The molecule has 6 nitrogen and oxygen atoms in total. The minimum Gasteiger partial charge on any atom is -0.381 e. The SMILES string of the molecule is Cc1cc(C)c(/C=C2\C(=O)N(Cc3ccccc3)c3cc(C(=O)NCC4CCOCC4)ccc32)[nH]1. The predicted molar refractivity (Wildman–Crippen MR) is 138 cm³/mol. The van der Waals surface area contributed by atoms with Crippen LogP contribution in [-0.4, -0.2) is 36.6 Å². The number of anilines is 1. The number of hydrogen-bond acceptors (Lipinski definition) is 3. The summed E-state index contributed by atoms with van der Waals surface area (Å²) in [5, 5.41) is 3.08. The number of aryl methyl sites for hydroxylation is 2. The lowest BCUT2D eigenvalue weighted by atomic mass is 10.00. The van der Waals surface area contributed by atoms with Gasteiger partial charge in [0.2, 0.25) is 0 Å². The summed E-state index contributed by atoms with van der Waals surface area (Å²) in [6, 6.07) is 17.6. The maximum absolute atomic E-state index is 13.6. The fourth-order valence-corrected chi connectivity index (χ4v) is 4.89. The first-order valence-electron chi connectivity index (χ1n) is 12.2. The molecular weight excluding hydrogens is 438 g/mol. The second-order valence-corrected chi connectivity index (χ2v) is 9.48. The first kappa shape index (κ1) is 23.1. The van der Waals surface area contributed by atoms with Crippen molar-refractivity contribution >= 4 is 29.2 Å². The third kappa shape index (κ3) is 4.93. The zero-order chi connectivity index (χ0) is 24.4. The standard InChI is InChI=1S/C29H31N3O3/c1-19-14-20(2)31-26(19)16-25-24-9-8-23(28(33)30-17-21-10-12-35-13-11-21)15-27(24)32(29(25)34)18-22-6-4-3-5-7-22/h3-9,14-16,21,31H,10-13,17-18H2,1-2H3,(H,30,33)/b25-16-. The van der Waals surface area contributed by atoms with Crippen LogP contribution < -0.4 is 10.2 Å². The van der Waals surface area contributed by atoms with Gasteiger partial charge < -0.3 is 19.9 Å². The lowest BCUT2D eigenvalue weighted by Crippen LogP contribution is -2.32. The van der Waals surface area contributed by atoms with Crippen molar-refractivity contribution in [1.29, 1.82) is 0 Å². The number of H-pyrrole nitrogens is 1. The van der Waals surface area contributed by atoms with Crippen LogP contribution in [0.2, 0.25) is 0 Å². The van der Waals surface area contributed by atoms with Crippen molar-refractivity contribution in [3.63, 3.8) is 0 Å². The number of benzene rings is 2. The molecule has 6 heteroatoms. The van der Waals surface area contributed by atoms with Crippen molar-refractivity contribution in [3.8, 4) is 0 Å². The summed E-state index contributed by atoms with van der Waals surface area (Å²) in [5.74, 6) is 0.273. The van der Waals surface area contributed by atoms with Crippen LogP contribution in [0.25, 0.3) is 11.6 Å². The van der Waals surface area contributed by atoms with E-state index in [2.05, 4.69) is 16.4 Å². The molecule has 180 valence electrons. The molecule has 0 unspecified atom stereocenters. The van der Waals surface area contributed by atoms with Crippen LogP contribution >= 0.6 is 0 Å². The Morgan fingerprint density at radius 3 is 2.60 bits per heavy atom. The van der Waals surface area contributed by atoms with Crippen molar-refractivity contribution in [1.82, 2.24) is 10.3 Å². The van der Waals surface area contributed by atoms with Gasteiger partial charge in [0.1, 0.15) is 0 Å². The summed E-state index contributed by atoms with van der Waals surface area (Å²) in [5.41, 5.74) is 6.92. The van der Waals surface area contributed by atoms with E-state index in [1.165, 1.54) is 0 Å². The van der Waals surface area contributed by atoms with E-state index in [4.69, 9.17) is 4.74 Å². The van der Waals surface area contributed by atoms with E-state index in [0.29, 0.717) is 30.1 Å². The molecule has 0 atom stereocenters. The number of ether oxygens (including phenoxy) is 1. The molecule has 1 aromatic heterocycles. The minimum atomic E-state index is -0.111. The third-order valence-electron chi connectivity index (χ3n) is 6.87. The second kappa shape index (κ2) is 9.92. The lowest BCUT2D eigenvalue weighted by molar-refractivity contribution is -0.113. The third-order valence-corrected chi connectivity index (χ3v) is 6.87. The van der Waals surface area contributed by atoms with Crippen LogP contribution in [0.5, 0.6) is 0 Å². The van der Waals surface area contributed by atoms with E-state index in [0.717, 1.165) is 59.8 Å². The number of nitrogens with one attached hydrogen (secondary N) is 2. The molecule has 35 heavy (non-hydrogen) atoms. The van der Waals surface area contributed by atoms with Crippen molar-refractivity contribution in [2.45, 2.75) is 33.2 Å². The average Bonchev–Trinajstić information content (AvgIpc) is 3.33. The number of carbonyl (C=O) groups is 2. The number of nitrogens with zero attached hydrogens (tertiary/aromatic N) is 1. The highest BCUT2D eigenvalue weighted by Gasteiger charge is 2.33. The summed E-state index contributed by atoms with van der Waals surface area (Å²) < 4.78 is 5.42. The second-order valence-electron chi connectivity index (χ2n) is 9.48. The molecule has 3 heterocycles. The van der Waals surface area contributed by atoms with Crippen molar-refractivity contribution < 1.29 is 14.3 Å². The van der Waals surface area contributed by atoms with E-state index in [1.807, 2.05) is 68.5 Å². The number of aromatic nitrogens is 1. The van der Waals surface area contributed by atoms with Gasteiger partial charge in [-0.05, 0) is 68.0 Å². The molecule has 2 amide bonds. The van der Waals surface area contributed by atoms with Crippen molar-refractivity contribution in [3.05, 3.63) is 88.2 Å². The molecule has 1 saturated heterocycles. The molecule has 2 aliphatic heterocycles.